The number of hydrogen-bond acceptors (Lipinski definition) is 18. The van der Waals surface area contributed by atoms with Gasteiger partial charge in [-0.15, -0.1) is 29.3 Å². The second kappa shape index (κ2) is 24.9. The zero-order chi connectivity index (χ0) is 61.3. The van der Waals surface area contributed by atoms with Gasteiger partial charge in [-0.1, -0.05) is 33.8 Å². The molecule has 2 saturated heterocycles. The van der Waals surface area contributed by atoms with Crippen LogP contribution in [-0.2, 0) is 28.6 Å². The van der Waals surface area contributed by atoms with Crippen molar-refractivity contribution in [3.05, 3.63) is 82.3 Å². The Kier molecular flexibility index (Phi) is 18.5. The number of benzene rings is 2. The smallest absolute Gasteiger partial charge is 0.411 e. The third kappa shape index (κ3) is 13.6. The Labute approximate surface area is 498 Å². The number of rotatable bonds is 16. The largest absolute Gasteiger partial charge is 0.496 e. The molecular formula is C62H77N7O13S2. The molecule has 3 fully saturated rings. The topological polar surface area (TPSA) is 240 Å². The van der Waals surface area contributed by atoms with E-state index in [0.717, 1.165) is 43.3 Å². The van der Waals surface area contributed by atoms with Gasteiger partial charge in [0.25, 0.3) is 0 Å². The molecule has 4 aromatic heterocycles. The summed E-state index contributed by atoms with van der Waals surface area (Å²) in [5.74, 6) is 0.676. The van der Waals surface area contributed by atoms with E-state index in [1.54, 1.807) is 68.8 Å². The number of aryl methyl sites for hydroxylation is 2. The van der Waals surface area contributed by atoms with Gasteiger partial charge in [0.1, 0.15) is 85.4 Å². The maximum Gasteiger partial charge on any atom is 0.411 e. The number of hydrogen-bond donors (Lipinski definition) is 2. The van der Waals surface area contributed by atoms with Crippen LogP contribution in [0.3, 0.4) is 0 Å². The van der Waals surface area contributed by atoms with Crippen LogP contribution in [0.4, 0.5) is 9.59 Å². The minimum atomic E-state index is -1.21. The normalized spacial score (nSPS) is 20.3. The number of fused-ring (bicyclic) bond motifs is 2. The standard InChI is InChI=1S/C35H44N4O7S.C27H33N3O6S/c1-10-21-16-35(21,32(41)44-11-2)38-30(40)26-14-22(17-39(26)33(42)46-34(6,7)8)45-28-15-24(31-37-25(18-47-31)19(3)4)36-29-20(5)27(43-9)13-12-23(28)29;1-14(2)19-13-37-24(29-19)18-11-22(17-8-9-21(34-7)15(3)23(17)28-18)35-16-10-20(25(31)32)30(12-16)26(33)36-27(4,5)6/h10,12-13,15,18-19,21-22,26H,1,11,14,16-17H2,2-9H3,(H,38,40);8-9,11,13-14,16,20H,10,12H2,1-7H3,(H,31,32)/t21-,22-,26+,35-;16-,20+/m11/s1. The Morgan fingerprint density at radius 1 is 0.714 bits per heavy atom. The molecule has 1 aliphatic carbocycles. The lowest BCUT2D eigenvalue weighted by Gasteiger charge is -2.28. The van der Waals surface area contributed by atoms with Crippen LogP contribution in [0.25, 0.3) is 43.2 Å². The SMILES string of the molecule is C=C[C@@H]1C[C@]1(NC(=O)[C@@H]1C[C@@H](Oc2cc(-c3nc(C(C)C)cs3)nc3c(C)c(OC)ccc23)CN1C(=O)OC(C)(C)C)C(=O)OCC.COc1ccc2c(O[C@@H]3C[C@@H](C(=O)O)N(C(=O)OC(C)(C)C)C3)cc(-c3nc(C(C)C)cs3)nc2c1C. The first kappa shape index (κ1) is 62.5. The maximum atomic E-state index is 13.9. The number of amides is 3. The van der Waals surface area contributed by atoms with Crippen LogP contribution in [0.15, 0.2) is 59.8 Å². The van der Waals surface area contributed by atoms with E-state index in [9.17, 15) is 29.1 Å². The van der Waals surface area contributed by atoms with Crippen molar-refractivity contribution >= 4 is 74.5 Å². The molecule has 22 heteroatoms. The van der Waals surface area contributed by atoms with Crippen LogP contribution in [0.1, 0.15) is 130 Å². The second-order valence-corrected chi connectivity index (χ2v) is 25.6. The van der Waals surface area contributed by atoms with Crippen molar-refractivity contribution in [2.24, 2.45) is 5.92 Å². The van der Waals surface area contributed by atoms with Crippen LogP contribution in [-0.4, -0.2) is 140 Å². The van der Waals surface area contributed by atoms with E-state index in [1.165, 1.54) is 32.5 Å². The molecule has 0 unspecified atom stereocenters. The van der Waals surface area contributed by atoms with Crippen molar-refractivity contribution in [1.29, 1.82) is 0 Å². The van der Waals surface area contributed by atoms with Gasteiger partial charge in [-0.3, -0.25) is 14.6 Å². The number of carboxylic acid groups (broad SMARTS) is 1. The van der Waals surface area contributed by atoms with Gasteiger partial charge in [-0.05, 0) is 105 Å². The summed E-state index contributed by atoms with van der Waals surface area (Å²) in [6, 6.07) is 9.20. The number of pyridine rings is 2. The zero-order valence-electron chi connectivity index (χ0n) is 50.5. The molecule has 0 spiro atoms. The summed E-state index contributed by atoms with van der Waals surface area (Å²) in [4.78, 5) is 87.0. The molecule has 6 aromatic rings. The van der Waals surface area contributed by atoms with Crippen LogP contribution in [0.2, 0.25) is 0 Å². The number of methoxy groups -OCH3 is 2. The van der Waals surface area contributed by atoms with Gasteiger partial charge in [-0.25, -0.2) is 39.1 Å². The van der Waals surface area contributed by atoms with E-state index in [-0.39, 0.29) is 50.3 Å². The first-order valence-corrected chi connectivity index (χ1v) is 29.9. The summed E-state index contributed by atoms with van der Waals surface area (Å²) in [6.07, 6.45) is -0.107. The van der Waals surface area contributed by atoms with Crippen molar-refractivity contribution in [3.63, 3.8) is 0 Å². The van der Waals surface area contributed by atoms with Crippen LogP contribution < -0.4 is 24.3 Å². The number of esters is 1. The molecule has 3 aliphatic rings. The van der Waals surface area contributed by atoms with Crippen molar-refractivity contribution in [2.45, 2.75) is 162 Å². The number of thiazole rings is 2. The summed E-state index contributed by atoms with van der Waals surface area (Å²) >= 11 is 3.02. The van der Waals surface area contributed by atoms with Gasteiger partial charge < -0.3 is 43.6 Å². The predicted molar refractivity (Wildman–Crippen MR) is 321 cm³/mol. The molecule has 6 atom stereocenters. The molecule has 2 aromatic carbocycles. The highest BCUT2D eigenvalue weighted by Gasteiger charge is 2.62. The monoisotopic (exact) mass is 1190 g/mol. The number of carboxylic acids is 1. The Hall–Kier alpha value is -7.59. The van der Waals surface area contributed by atoms with E-state index in [4.69, 9.17) is 53.1 Å². The van der Waals surface area contributed by atoms with Gasteiger partial charge in [0.15, 0.2) is 0 Å². The molecule has 0 bridgehead atoms. The molecule has 84 heavy (non-hydrogen) atoms. The van der Waals surface area contributed by atoms with E-state index in [2.05, 4.69) is 39.6 Å². The third-order valence-corrected chi connectivity index (χ3v) is 16.4. The van der Waals surface area contributed by atoms with E-state index in [0.29, 0.717) is 51.8 Å². The Morgan fingerprint density at radius 3 is 1.52 bits per heavy atom. The van der Waals surface area contributed by atoms with Gasteiger partial charge in [-0.2, -0.15) is 0 Å². The summed E-state index contributed by atoms with van der Waals surface area (Å²) < 4.78 is 40.6. The maximum absolute atomic E-state index is 13.9. The highest BCUT2D eigenvalue weighted by Crippen LogP contribution is 2.46. The number of nitrogens with zero attached hydrogens (tertiary/aromatic N) is 6. The number of aromatic nitrogens is 4. The average Bonchev–Trinajstić information content (AvgIpc) is 1.78. The van der Waals surface area contributed by atoms with Crippen LogP contribution >= 0.6 is 22.7 Å². The van der Waals surface area contributed by atoms with Crippen LogP contribution in [0.5, 0.6) is 23.0 Å². The molecule has 20 nitrogen and oxygen atoms in total. The van der Waals surface area contributed by atoms with Crippen molar-refractivity contribution in [1.82, 2.24) is 35.1 Å². The fourth-order valence-corrected chi connectivity index (χ4v) is 12.1. The Balaban J connectivity index is 0.000000225. The molecule has 2 N–H and O–H groups in total. The fourth-order valence-electron chi connectivity index (χ4n) is 10.2. The number of likely N-dealkylation sites (tertiary alicyclic amines) is 2. The van der Waals surface area contributed by atoms with Crippen molar-refractivity contribution in [3.8, 4) is 44.4 Å². The summed E-state index contributed by atoms with van der Waals surface area (Å²) in [6.45, 7) is 28.7. The van der Waals surface area contributed by atoms with E-state index in [1.807, 2.05) is 61.0 Å². The first-order chi connectivity index (χ1) is 39.6. The molecular weight excluding hydrogens is 1110 g/mol. The summed E-state index contributed by atoms with van der Waals surface area (Å²) in [7, 11) is 3.23. The number of aliphatic carboxylic acids is 1. The minimum absolute atomic E-state index is 0.0906. The van der Waals surface area contributed by atoms with E-state index >= 15 is 0 Å². The van der Waals surface area contributed by atoms with Gasteiger partial charge in [0.05, 0.1) is 56.3 Å². The highest BCUT2D eigenvalue weighted by molar-refractivity contribution is 7.13. The summed E-state index contributed by atoms with van der Waals surface area (Å²) in [5, 5.41) is 19.8. The molecule has 1 saturated carbocycles. The molecule has 450 valence electrons. The zero-order valence-corrected chi connectivity index (χ0v) is 52.2. The van der Waals surface area contributed by atoms with Gasteiger partial charge in [0.2, 0.25) is 5.91 Å². The fraction of sp³-hybridized carbons (Fsp3) is 0.500. The molecule has 9 rings (SSSR count). The number of nitrogens with one attached hydrogen (secondary N) is 1. The van der Waals surface area contributed by atoms with Gasteiger partial charge in [0, 0.05) is 63.6 Å². The molecule has 2 aliphatic heterocycles. The first-order valence-electron chi connectivity index (χ1n) is 28.1. The quantitative estimate of drug-likeness (QED) is 0.0520. The molecule has 3 amide bonds. The third-order valence-electron chi connectivity index (χ3n) is 14.6. The second-order valence-electron chi connectivity index (χ2n) is 23.9. The van der Waals surface area contributed by atoms with Crippen molar-refractivity contribution < 1.29 is 62.2 Å². The average molecular weight is 1190 g/mol. The number of carbonyl (C=O) groups excluding carboxylic acids is 4. The predicted octanol–water partition coefficient (Wildman–Crippen LogP) is 11.8. The highest BCUT2D eigenvalue weighted by atomic mass is 32.1. The molecule has 0 radical (unpaired) electrons. The summed E-state index contributed by atoms with van der Waals surface area (Å²) in [5.41, 5.74) is 3.66. The Morgan fingerprint density at radius 2 is 1.15 bits per heavy atom. The minimum Gasteiger partial charge on any atom is -0.496 e. The molecule has 6 heterocycles. The van der Waals surface area contributed by atoms with Gasteiger partial charge >= 0.3 is 24.1 Å². The number of carbonyl (C=O) groups is 5. The van der Waals surface area contributed by atoms with E-state index < -0.39 is 71.1 Å². The lowest BCUT2D eigenvalue weighted by atomic mass is 10.1. The van der Waals surface area contributed by atoms with Crippen LogP contribution in [0, 0.1) is 19.8 Å². The Bertz CT molecular complexity index is 3470. The lowest BCUT2D eigenvalue weighted by Crippen LogP contribution is -2.53. The number of ether oxygens (including phenoxy) is 7. The lowest BCUT2D eigenvalue weighted by molar-refractivity contribution is -0.149. The van der Waals surface area contributed by atoms with Crippen molar-refractivity contribution in [2.75, 3.05) is 33.9 Å².